The van der Waals surface area contributed by atoms with Gasteiger partial charge >= 0.3 is 0 Å². The van der Waals surface area contributed by atoms with Gasteiger partial charge in [-0.15, -0.1) is 0 Å². The zero-order valence-corrected chi connectivity index (χ0v) is 8.58. The first kappa shape index (κ1) is 10.9. The minimum atomic E-state index is -0.683. The number of rotatable bonds is 3. The van der Waals surface area contributed by atoms with Crippen molar-refractivity contribution < 1.29 is 19.2 Å². The summed E-state index contributed by atoms with van der Waals surface area (Å²) in [5.41, 5.74) is 4.99. The SMILES string of the molecule is NC(=O)/C=C/c1cc2c(cc1[N+](=O)[O-])OCO2. The minimum Gasteiger partial charge on any atom is -0.454 e. The first-order chi connectivity index (χ1) is 8.08. The van der Waals surface area contributed by atoms with Crippen LogP contribution in [0.2, 0.25) is 0 Å². The van der Waals surface area contributed by atoms with Crippen LogP contribution in [0.15, 0.2) is 18.2 Å². The van der Waals surface area contributed by atoms with Crippen LogP contribution >= 0.6 is 0 Å². The van der Waals surface area contributed by atoms with Crippen LogP contribution in [0.3, 0.4) is 0 Å². The molecule has 0 unspecified atom stereocenters. The monoisotopic (exact) mass is 236 g/mol. The molecule has 1 aliphatic heterocycles. The zero-order chi connectivity index (χ0) is 12.4. The fraction of sp³-hybridized carbons (Fsp3) is 0.100. The van der Waals surface area contributed by atoms with Gasteiger partial charge < -0.3 is 15.2 Å². The lowest BCUT2D eigenvalue weighted by atomic mass is 10.1. The van der Waals surface area contributed by atoms with Crippen molar-refractivity contribution in [3.63, 3.8) is 0 Å². The summed E-state index contributed by atoms with van der Waals surface area (Å²) in [7, 11) is 0. The molecule has 0 aliphatic carbocycles. The highest BCUT2D eigenvalue weighted by atomic mass is 16.7. The van der Waals surface area contributed by atoms with Crippen molar-refractivity contribution in [3.05, 3.63) is 33.9 Å². The lowest BCUT2D eigenvalue weighted by Gasteiger charge is -2.00. The van der Waals surface area contributed by atoms with Gasteiger partial charge in [-0.2, -0.15) is 0 Å². The maximum Gasteiger partial charge on any atom is 0.280 e. The standard InChI is InChI=1S/C10H8N2O5/c11-10(13)2-1-6-3-8-9(17-5-16-8)4-7(6)12(14)15/h1-4H,5H2,(H2,11,13)/b2-1+. The van der Waals surface area contributed by atoms with Crippen molar-refractivity contribution in [2.24, 2.45) is 5.73 Å². The van der Waals surface area contributed by atoms with Crippen LogP contribution in [0.5, 0.6) is 11.5 Å². The molecular weight excluding hydrogens is 228 g/mol. The predicted octanol–water partition coefficient (Wildman–Crippen LogP) is 0.822. The number of fused-ring (bicyclic) bond motifs is 1. The molecule has 0 fully saturated rings. The van der Waals surface area contributed by atoms with E-state index in [0.29, 0.717) is 11.5 Å². The molecule has 0 spiro atoms. The first-order valence-corrected chi connectivity index (χ1v) is 4.63. The third kappa shape index (κ3) is 2.17. The quantitative estimate of drug-likeness (QED) is 0.475. The number of amides is 1. The fourth-order valence-electron chi connectivity index (χ4n) is 1.41. The molecule has 0 aromatic heterocycles. The maximum absolute atomic E-state index is 10.8. The van der Waals surface area contributed by atoms with E-state index < -0.39 is 10.8 Å². The summed E-state index contributed by atoms with van der Waals surface area (Å²) in [5.74, 6) is 0.0320. The number of nitro groups is 1. The Hall–Kier alpha value is -2.57. The molecule has 0 atom stereocenters. The molecule has 0 radical (unpaired) electrons. The number of benzene rings is 1. The number of nitrogens with zero attached hydrogens (tertiary/aromatic N) is 1. The molecule has 1 aromatic rings. The molecule has 1 aliphatic rings. The Morgan fingerprint density at radius 2 is 2.06 bits per heavy atom. The van der Waals surface area contributed by atoms with Gasteiger partial charge in [-0.25, -0.2) is 0 Å². The average molecular weight is 236 g/mol. The van der Waals surface area contributed by atoms with Crippen molar-refractivity contribution in [2.75, 3.05) is 6.79 Å². The van der Waals surface area contributed by atoms with E-state index in [1.165, 1.54) is 18.2 Å². The second-order valence-corrected chi connectivity index (χ2v) is 3.26. The number of hydrogen-bond acceptors (Lipinski definition) is 5. The van der Waals surface area contributed by atoms with Gasteiger partial charge in [0.05, 0.1) is 16.6 Å². The van der Waals surface area contributed by atoms with Gasteiger partial charge in [0, 0.05) is 6.08 Å². The van der Waals surface area contributed by atoms with E-state index in [2.05, 4.69) is 0 Å². The highest BCUT2D eigenvalue weighted by Gasteiger charge is 2.21. The molecule has 17 heavy (non-hydrogen) atoms. The molecule has 1 heterocycles. The Balaban J connectivity index is 2.48. The second kappa shape index (κ2) is 4.12. The van der Waals surface area contributed by atoms with E-state index in [1.54, 1.807) is 0 Å². The van der Waals surface area contributed by atoms with Gasteiger partial charge in [0.2, 0.25) is 12.7 Å². The van der Waals surface area contributed by atoms with Crippen molar-refractivity contribution in [1.29, 1.82) is 0 Å². The number of ether oxygens (including phenoxy) is 2. The summed E-state index contributed by atoms with van der Waals surface area (Å²) in [6.45, 7) is 0.0233. The third-order valence-corrected chi connectivity index (χ3v) is 2.15. The van der Waals surface area contributed by atoms with Gasteiger partial charge in [-0.1, -0.05) is 0 Å². The van der Waals surface area contributed by atoms with Gasteiger partial charge in [0.25, 0.3) is 5.69 Å². The maximum atomic E-state index is 10.8. The van der Waals surface area contributed by atoms with Crippen LogP contribution in [-0.2, 0) is 4.79 Å². The van der Waals surface area contributed by atoms with E-state index in [1.807, 2.05) is 0 Å². The van der Waals surface area contributed by atoms with E-state index in [4.69, 9.17) is 15.2 Å². The Labute approximate surface area is 95.6 Å². The minimum absolute atomic E-state index is 0.0233. The van der Waals surface area contributed by atoms with E-state index in [0.717, 1.165) is 6.08 Å². The van der Waals surface area contributed by atoms with Gasteiger partial charge in [0.15, 0.2) is 11.5 Å². The van der Waals surface area contributed by atoms with E-state index in [9.17, 15) is 14.9 Å². The molecule has 88 valence electrons. The van der Waals surface area contributed by atoms with Gasteiger partial charge in [-0.3, -0.25) is 14.9 Å². The molecule has 0 bridgehead atoms. The van der Waals surface area contributed by atoms with E-state index >= 15 is 0 Å². The van der Waals surface area contributed by atoms with Crippen molar-refractivity contribution in [2.45, 2.75) is 0 Å². The Bertz CT molecular complexity index is 524. The summed E-state index contributed by atoms with van der Waals surface area (Å²) in [5, 5.41) is 10.8. The third-order valence-electron chi connectivity index (χ3n) is 2.15. The largest absolute Gasteiger partial charge is 0.454 e. The lowest BCUT2D eigenvalue weighted by Crippen LogP contribution is -2.05. The number of hydrogen-bond donors (Lipinski definition) is 1. The van der Waals surface area contributed by atoms with Crippen LogP contribution in [0, 0.1) is 10.1 Å². The second-order valence-electron chi connectivity index (χ2n) is 3.26. The van der Waals surface area contributed by atoms with Crippen LogP contribution in [-0.4, -0.2) is 17.6 Å². The number of carbonyl (C=O) groups is 1. The lowest BCUT2D eigenvalue weighted by molar-refractivity contribution is -0.385. The molecule has 7 nitrogen and oxygen atoms in total. The highest BCUT2D eigenvalue weighted by Crippen LogP contribution is 2.38. The van der Waals surface area contributed by atoms with Crippen molar-refractivity contribution in [3.8, 4) is 11.5 Å². The van der Waals surface area contributed by atoms with Crippen molar-refractivity contribution >= 4 is 17.7 Å². The number of carbonyl (C=O) groups excluding carboxylic acids is 1. The molecule has 2 rings (SSSR count). The summed E-state index contributed by atoms with van der Waals surface area (Å²) < 4.78 is 10.1. The number of nitrogens with two attached hydrogens (primary N) is 1. The molecular formula is C10H8N2O5. The van der Waals surface area contributed by atoms with E-state index in [-0.39, 0.29) is 18.0 Å². The molecule has 2 N–H and O–H groups in total. The summed E-state index contributed by atoms with van der Waals surface area (Å²) in [4.78, 5) is 20.9. The Morgan fingerprint density at radius 3 is 2.65 bits per heavy atom. The number of primary amides is 1. The van der Waals surface area contributed by atoms with Crippen LogP contribution in [0.25, 0.3) is 6.08 Å². The zero-order valence-electron chi connectivity index (χ0n) is 8.58. The first-order valence-electron chi connectivity index (χ1n) is 4.63. The molecule has 0 saturated heterocycles. The van der Waals surface area contributed by atoms with Gasteiger partial charge in [0.1, 0.15) is 0 Å². The summed E-state index contributed by atoms with van der Waals surface area (Å²) >= 11 is 0. The van der Waals surface area contributed by atoms with Crippen molar-refractivity contribution in [1.82, 2.24) is 0 Å². The number of nitro benzene ring substituents is 1. The topological polar surface area (TPSA) is 105 Å². The predicted molar refractivity (Wildman–Crippen MR) is 57.4 cm³/mol. The molecule has 0 saturated carbocycles. The smallest absolute Gasteiger partial charge is 0.280 e. The van der Waals surface area contributed by atoms with Crippen LogP contribution in [0.1, 0.15) is 5.56 Å². The van der Waals surface area contributed by atoms with Gasteiger partial charge in [-0.05, 0) is 12.1 Å². The molecule has 1 amide bonds. The molecule has 1 aromatic carbocycles. The van der Waals surface area contributed by atoms with Crippen LogP contribution < -0.4 is 15.2 Å². The Kier molecular flexibility index (Phi) is 2.65. The average Bonchev–Trinajstić information content (AvgIpc) is 2.71. The summed E-state index contributed by atoms with van der Waals surface area (Å²) in [6.07, 6.45) is 2.31. The van der Waals surface area contributed by atoms with Crippen LogP contribution in [0.4, 0.5) is 5.69 Å². The Morgan fingerprint density at radius 1 is 1.41 bits per heavy atom. The summed E-state index contributed by atoms with van der Waals surface area (Å²) in [6, 6.07) is 2.68. The fourth-order valence-corrected chi connectivity index (χ4v) is 1.41. The highest BCUT2D eigenvalue weighted by molar-refractivity contribution is 5.91. The molecule has 7 heteroatoms. The normalized spacial score (nSPS) is 12.9.